The zero-order chi connectivity index (χ0) is 11.0. The standard InChI is InChI=1S/C12H26NO2.HI/c1-13(7-5-3-4-6-8-13)9-10-15-12-11-14-2;/h3-12H2,1-2H3;1H/q+1;/p-1. The average molecular weight is 343 g/mol. The third-order valence-corrected chi connectivity index (χ3v) is 3.35. The number of halogens is 1. The molecule has 0 unspecified atom stereocenters. The highest BCUT2D eigenvalue weighted by Crippen LogP contribution is 2.15. The van der Waals surface area contributed by atoms with Gasteiger partial charge in [0.05, 0.1) is 40.0 Å². The first-order valence-corrected chi connectivity index (χ1v) is 6.17. The van der Waals surface area contributed by atoms with Crippen LogP contribution < -0.4 is 24.0 Å². The summed E-state index contributed by atoms with van der Waals surface area (Å²) in [4.78, 5) is 0. The van der Waals surface area contributed by atoms with Gasteiger partial charge in [-0.05, 0) is 25.7 Å². The number of methoxy groups -OCH3 is 1. The molecule has 1 saturated heterocycles. The van der Waals surface area contributed by atoms with E-state index in [0.717, 1.165) is 19.8 Å². The van der Waals surface area contributed by atoms with Crippen LogP contribution in [0.15, 0.2) is 0 Å². The molecule has 3 nitrogen and oxygen atoms in total. The second-order valence-electron chi connectivity index (χ2n) is 4.81. The molecule has 1 fully saturated rings. The number of quaternary nitrogens is 1. The molecule has 0 saturated carbocycles. The van der Waals surface area contributed by atoms with E-state index >= 15 is 0 Å². The largest absolute Gasteiger partial charge is 1.00 e. The first-order chi connectivity index (χ1) is 7.27. The van der Waals surface area contributed by atoms with E-state index in [0.29, 0.717) is 6.61 Å². The molecule has 1 aliphatic heterocycles. The van der Waals surface area contributed by atoms with E-state index in [9.17, 15) is 0 Å². The van der Waals surface area contributed by atoms with E-state index in [1.807, 2.05) is 0 Å². The van der Waals surface area contributed by atoms with Crippen LogP contribution >= 0.6 is 0 Å². The maximum absolute atomic E-state index is 5.54. The van der Waals surface area contributed by atoms with Crippen LogP contribution in [0.5, 0.6) is 0 Å². The van der Waals surface area contributed by atoms with Crippen LogP contribution in [0.2, 0.25) is 0 Å². The van der Waals surface area contributed by atoms with E-state index < -0.39 is 0 Å². The molecule has 0 aromatic heterocycles. The van der Waals surface area contributed by atoms with Crippen molar-refractivity contribution in [1.29, 1.82) is 0 Å². The van der Waals surface area contributed by atoms with Crippen LogP contribution in [0.1, 0.15) is 25.7 Å². The number of hydrogen-bond acceptors (Lipinski definition) is 2. The van der Waals surface area contributed by atoms with Crippen molar-refractivity contribution in [3.63, 3.8) is 0 Å². The molecule has 16 heavy (non-hydrogen) atoms. The summed E-state index contributed by atoms with van der Waals surface area (Å²) < 4.78 is 11.7. The number of likely N-dealkylation sites (tertiary alicyclic amines) is 1. The molecular formula is C12H26INO2. The Bertz CT molecular complexity index is 159. The molecule has 1 heterocycles. The molecule has 0 bridgehead atoms. The Morgan fingerprint density at radius 1 is 0.938 bits per heavy atom. The number of hydrogen-bond donors (Lipinski definition) is 0. The van der Waals surface area contributed by atoms with Gasteiger partial charge in [-0.2, -0.15) is 0 Å². The molecule has 1 rings (SSSR count). The Labute approximate surface area is 117 Å². The molecule has 1 aliphatic rings. The zero-order valence-electron chi connectivity index (χ0n) is 10.7. The predicted molar refractivity (Wildman–Crippen MR) is 61.9 cm³/mol. The summed E-state index contributed by atoms with van der Waals surface area (Å²) in [6, 6.07) is 0. The van der Waals surface area contributed by atoms with Crippen LogP contribution in [0, 0.1) is 0 Å². The third kappa shape index (κ3) is 7.04. The fraction of sp³-hybridized carbons (Fsp3) is 1.00. The predicted octanol–water partition coefficient (Wildman–Crippen LogP) is -1.33. The molecule has 4 heteroatoms. The second kappa shape index (κ2) is 9.62. The average Bonchev–Trinajstić information content (AvgIpc) is 2.43. The smallest absolute Gasteiger partial charge is 0.102 e. The van der Waals surface area contributed by atoms with Crippen molar-refractivity contribution >= 4 is 0 Å². The molecule has 0 N–H and O–H groups in total. The van der Waals surface area contributed by atoms with Crippen molar-refractivity contribution in [2.24, 2.45) is 0 Å². The molecule has 0 aliphatic carbocycles. The Kier molecular flexibility index (Phi) is 9.99. The normalized spacial score (nSPS) is 19.9. The molecule has 0 spiro atoms. The van der Waals surface area contributed by atoms with Gasteiger partial charge in [0.1, 0.15) is 6.54 Å². The molecule has 0 radical (unpaired) electrons. The first-order valence-electron chi connectivity index (χ1n) is 6.17. The number of nitrogens with zero attached hydrogens (tertiary/aromatic N) is 1. The molecule has 0 aromatic rings. The Hall–Kier alpha value is 0.610. The van der Waals surface area contributed by atoms with Crippen molar-refractivity contribution in [2.45, 2.75) is 25.7 Å². The summed E-state index contributed by atoms with van der Waals surface area (Å²) in [5.41, 5.74) is 0. The third-order valence-electron chi connectivity index (χ3n) is 3.35. The van der Waals surface area contributed by atoms with Crippen LogP contribution in [0.25, 0.3) is 0 Å². The number of rotatable bonds is 6. The SMILES string of the molecule is COCCOCC[N+]1(C)CCCCCC1.[I-]. The van der Waals surface area contributed by atoms with E-state index in [4.69, 9.17) is 9.47 Å². The monoisotopic (exact) mass is 343 g/mol. The fourth-order valence-corrected chi connectivity index (χ4v) is 2.21. The highest BCUT2D eigenvalue weighted by Gasteiger charge is 2.22. The van der Waals surface area contributed by atoms with Crippen LogP contribution in [-0.4, -0.2) is 58.1 Å². The molecule has 0 amide bonds. The van der Waals surface area contributed by atoms with Crippen molar-refractivity contribution in [3.8, 4) is 0 Å². The summed E-state index contributed by atoms with van der Waals surface area (Å²) in [6.07, 6.45) is 5.60. The van der Waals surface area contributed by atoms with E-state index in [2.05, 4.69) is 7.05 Å². The van der Waals surface area contributed by atoms with Gasteiger partial charge in [0.15, 0.2) is 0 Å². The first kappa shape index (κ1) is 16.6. The fourth-order valence-electron chi connectivity index (χ4n) is 2.21. The van der Waals surface area contributed by atoms with Crippen molar-refractivity contribution in [2.75, 3.05) is 53.6 Å². The van der Waals surface area contributed by atoms with Gasteiger partial charge < -0.3 is 37.9 Å². The van der Waals surface area contributed by atoms with Crippen molar-refractivity contribution in [1.82, 2.24) is 0 Å². The highest BCUT2D eigenvalue weighted by atomic mass is 127. The number of likely N-dealkylation sites (N-methyl/N-ethyl adjacent to an activating group) is 1. The lowest BCUT2D eigenvalue weighted by Gasteiger charge is -2.33. The zero-order valence-corrected chi connectivity index (χ0v) is 12.9. The maximum atomic E-state index is 5.54. The summed E-state index contributed by atoms with van der Waals surface area (Å²) in [7, 11) is 4.08. The van der Waals surface area contributed by atoms with Gasteiger partial charge in [0.2, 0.25) is 0 Å². The minimum absolute atomic E-state index is 0. The van der Waals surface area contributed by atoms with Gasteiger partial charge in [0, 0.05) is 7.11 Å². The molecule has 98 valence electrons. The summed E-state index contributed by atoms with van der Waals surface area (Å²) in [6.45, 7) is 6.13. The minimum atomic E-state index is 0. The van der Waals surface area contributed by atoms with E-state index in [1.165, 1.54) is 43.3 Å². The lowest BCUT2D eigenvalue weighted by atomic mass is 10.2. The molecule has 0 aromatic carbocycles. The van der Waals surface area contributed by atoms with Crippen LogP contribution in [0.3, 0.4) is 0 Å². The molecule has 0 atom stereocenters. The van der Waals surface area contributed by atoms with Crippen molar-refractivity contribution < 1.29 is 37.9 Å². The quantitative estimate of drug-likeness (QED) is 0.338. The molecular weight excluding hydrogens is 317 g/mol. The van der Waals surface area contributed by atoms with Crippen LogP contribution in [-0.2, 0) is 9.47 Å². The summed E-state index contributed by atoms with van der Waals surface area (Å²) in [5, 5.41) is 0. The Balaban J connectivity index is 0.00000225. The van der Waals surface area contributed by atoms with Gasteiger partial charge >= 0.3 is 0 Å². The Morgan fingerprint density at radius 2 is 1.56 bits per heavy atom. The highest BCUT2D eigenvalue weighted by molar-refractivity contribution is 4.51. The lowest BCUT2D eigenvalue weighted by molar-refractivity contribution is -0.909. The van der Waals surface area contributed by atoms with Gasteiger partial charge in [-0.15, -0.1) is 0 Å². The number of ether oxygens (including phenoxy) is 2. The minimum Gasteiger partial charge on any atom is -1.00 e. The second-order valence-corrected chi connectivity index (χ2v) is 4.81. The Morgan fingerprint density at radius 3 is 2.12 bits per heavy atom. The van der Waals surface area contributed by atoms with Gasteiger partial charge in [0.25, 0.3) is 0 Å². The van der Waals surface area contributed by atoms with E-state index in [-0.39, 0.29) is 24.0 Å². The summed E-state index contributed by atoms with van der Waals surface area (Å²) >= 11 is 0. The lowest BCUT2D eigenvalue weighted by Crippen LogP contribution is -3.00. The van der Waals surface area contributed by atoms with E-state index in [1.54, 1.807) is 7.11 Å². The van der Waals surface area contributed by atoms with Gasteiger partial charge in [-0.3, -0.25) is 0 Å². The topological polar surface area (TPSA) is 18.5 Å². The van der Waals surface area contributed by atoms with Gasteiger partial charge in [-0.25, -0.2) is 0 Å². The van der Waals surface area contributed by atoms with Crippen molar-refractivity contribution in [3.05, 3.63) is 0 Å². The van der Waals surface area contributed by atoms with Crippen LogP contribution in [0.4, 0.5) is 0 Å². The summed E-state index contributed by atoms with van der Waals surface area (Å²) in [5.74, 6) is 0. The van der Waals surface area contributed by atoms with Gasteiger partial charge in [-0.1, -0.05) is 0 Å². The maximum Gasteiger partial charge on any atom is 0.102 e.